The summed E-state index contributed by atoms with van der Waals surface area (Å²) in [7, 11) is 0. The number of hydrogen-bond acceptors (Lipinski definition) is 3. The SMILES string of the molecule is O=C(NCCc1ccccc1)c1cc([N+](=O)[O-])ccc1I. The summed E-state index contributed by atoms with van der Waals surface area (Å²) in [6, 6.07) is 14.1. The average molecular weight is 396 g/mol. The van der Waals surface area contributed by atoms with E-state index in [9.17, 15) is 14.9 Å². The molecular weight excluding hydrogens is 383 g/mol. The maximum Gasteiger partial charge on any atom is 0.270 e. The van der Waals surface area contributed by atoms with Crippen LogP contribution in [0.3, 0.4) is 0 Å². The van der Waals surface area contributed by atoms with Gasteiger partial charge >= 0.3 is 0 Å². The Morgan fingerprint density at radius 2 is 1.90 bits per heavy atom. The largest absolute Gasteiger partial charge is 0.352 e. The van der Waals surface area contributed by atoms with Crippen LogP contribution in [0.5, 0.6) is 0 Å². The quantitative estimate of drug-likeness (QED) is 0.480. The first-order chi connectivity index (χ1) is 10.1. The van der Waals surface area contributed by atoms with Crippen LogP contribution in [0, 0.1) is 13.7 Å². The molecule has 1 amide bonds. The zero-order chi connectivity index (χ0) is 15.2. The summed E-state index contributed by atoms with van der Waals surface area (Å²) < 4.78 is 0.690. The highest BCUT2D eigenvalue weighted by Gasteiger charge is 2.15. The second kappa shape index (κ2) is 7.16. The van der Waals surface area contributed by atoms with Gasteiger partial charge in [-0.15, -0.1) is 0 Å². The van der Waals surface area contributed by atoms with Gasteiger partial charge in [-0.1, -0.05) is 30.3 Å². The first-order valence-corrected chi connectivity index (χ1v) is 7.42. The van der Waals surface area contributed by atoms with Crippen LogP contribution in [-0.2, 0) is 6.42 Å². The lowest BCUT2D eigenvalue weighted by Gasteiger charge is -2.07. The molecule has 0 aliphatic rings. The molecule has 0 atom stereocenters. The summed E-state index contributed by atoms with van der Waals surface area (Å²) in [6.45, 7) is 0.488. The predicted molar refractivity (Wildman–Crippen MR) is 88.3 cm³/mol. The fourth-order valence-electron chi connectivity index (χ4n) is 1.86. The number of halogens is 1. The van der Waals surface area contributed by atoms with Crippen molar-refractivity contribution in [2.75, 3.05) is 6.54 Å². The van der Waals surface area contributed by atoms with Crippen molar-refractivity contribution in [3.63, 3.8) is 0 Å². The molecule has 5 nitrogen and oxygen atoms in total. The zero-order valence-electron chi connectivity index (χ0n) is 11.1. The van der Waals surface area contributed by atoms with E-state index in [0.717, 1.165) is 12.0 Å². The van der Waals surface area contributed by atoms with Crippen molar-refractivity contribution in [2.24, 2.45) is 0 Å². The average Bonchev–Trinajstić information content (AvgIpc) is 2.48. The molecule has 0 fully saturated rings. The number of rotatable bonds is 5. The first kappa shape index (κ1) is 15.4. The smallest absolute Gasteiger partial charge is 0.270 e. The number of nitrogens with one attached hydrogen (secondary N) is 1. The van der Waals surface area contributed by atoms with E-state index in [0.29, 0.717) is 15.7 Å². The second-order valence-electron chi connectivity index (χ2n) is 4.41. The van der Waals surface area contributed by atoms with Gasteiger partial charge in [-0.05, 0) is 40.6 Å². The summed E-state index contributed by atoms with van der Waals surface area (Å²) in [5.74, 6) is -0.293. The molecule has 21 heavy (non-hydrogen) atoms. The molecule has 0 unspecified atom stereocenters. The molecule has 1 N–H and O–H groups in total. The number of nitrogens with zero attached hydrogens (tertiary/aromatic N) is 1. The van der Waals surface area contributed by atoms with Crippen LogP contribution in [0.15, 0.2) is 48.5 Å². The number of carbonyl (C=O) groups is 1. The molecule has 2 aromatic rings. The summed E-state index contributed by atoms with van der Waals surface area (Å²) in [6.07, 6.45) is 0.720. The Labute approximate surface area is 135 Å². The van der Waals surface area contributed by atoms with Crippen LogP contribution in [-0.4, -0.2) is 17.4 Å². The van der Waals surface area contributed by atoms with E-state index in [1.54, 1.807) is 6.07 Å². The Morgan fingerprint density at radius 3 is 2.57 bits per heavy atom. The van der Waals surface area contributed by atoms with Crippen LogP contribution in [0.25, 0.3) is 0 Å². The minimum Gasteiger partial charge on any atom is -0.352 e. The van der Waals surface area contributed by atoms with Crippen LogP contribution in [0.1, 0.15) is 15.9 Å². The van der Waals surface area contributed by atoms with Crippen LogP contribution in [0.4, 0.5) is 5.69 Å². The Hall–Kier alpha value is -1.96. The monoisotopic (exact) mass is 396 g/mol. The standard InChI is InChI=1S/C15H13IN2O3/c16-14-7-6-12(18(20)21)10-13(14)15(19)17-9-8-11-4-2-1-3-5-11/h1-7,10H,8-9H2,(H,17,19). The molecule has 2 aromatic carbocycles. The summed E-state index contributed by atoms with van der Waals surface area (Å²) in [5.41, 5.74) is 1.38. The third-order valence-corrected chi connectivity index (χ3v) is 3.89. The van der Waals surface area contributed by atoms with Crippen molar-refractivity contribution < 1.29 is 9.72 Å². The van der Waals surface area contributed by atoms with Gasteiger partial charge in [0.2, 0.25) is 0 Å². The molecule has 0 heterocycles. The lowest BCUT2D eigenvalue weighted by Crippen LogP contribution is -2.26. The van der Waals surface area contributed by atoms with Crippen LogP contribution < -0.4 is 5.32 Å². The molecule has 0 aliphatic carbocycles. The Balaban J connectivity index is 2.00. The van der Waals surface area contributed by atoms with E-state index < -0.39 is 4.92 Å². The van der Waals surface area contributed by atoms with Gasteiger partial charge in [-0.2, -0.15) is 0 Å². The molecule has 0 radical (unpaired) electrons. The van der Waals surface area contributed by atoms with E-state index in [-0.39, 0.29) is 11.6 Å². The van der Waals surface area contributed by atoms with Crippen LogP contribution >= 0.6 is 22.6 Å². The number of non-ortho nitro benzene ring substituents is 1. The fraction of sp³-hybridized carbons (Fsp3) is 0.133. The maximum absolute atomic E-state index is 12.1. The van der Waals surface area contributed by atoms with Crippen molar-refractivity contribution >= 4 is 34.2 Å². The molecule has 0 aliphatic heterocycles. The van der Waals surface area contributed by atoms with Crippen molar-refractivity contribution in [2.45, 2.75) is 6.42 Å². The number of amides is 1. The van der Waals surface area contributed by atoms with Gasteiger partial charge in [0.05, 0.1) is 10.5 Å². The Bertz CT molecular complexity index is 659. The molecule has 0 aromatic heterocycles. The maximum atomic E-state index is 12.1. The van der Waals surface area contributed by atoms with Gasteiger partial charge < -0.3 is 5.32 Å². The van der Waals surface area contributed by atoms with Gasteiger partial charge in [-0.3, -0.25) is 14.9 Å². The number of carbonyl (C=O) groups excluding carboxylic acids is 1. The summed E-state index contributed by atoms with van der Waals surface area (Å²) in [4.78, 5) is 22.3. The molecule has 0 saturated carbocycles. The number of nitro groups is 1. The molecule has 108 valence electrons. The number of hydrogen-bond donors (Lipinski definition) is 1. The highest BCUT2D eigenvalue weighted by molar-refractivity contribution is 14.1. The molecular formula is C15H13IN2O3. The van der Waals surface area contributed by atoms with Gasteiger partial charge in [-0.25, -0.2) is 0 Å². The third-order valence-electron chi connectivity index (χ3n) is 2.95. The first-order valence-electron chi connectivity index (χ1n) is 6.34. The second-order valence-corrected chi connectivity index (χ2v) is 5.57. The van der Waals surface area contributed by atoms with Gasteiger partial charge in [0, 0.05) is 22.2 Å². The number of benzene rings is 2. The molecule has 0 bridgehead atoms. The van der Waals surface area contributed by atoms with E-state index in [1.807, 2.05) is 52.9 Å². The molecule has 2 rings (SSSR count). The van der Waals surface area contributed by atoms with Crippen molar-refractivity contribution in [3.8, 4) is 0 Å². The molecule has 0 saturated heterocycles. The van der Waals surface area contributed by atoms with E-state index >= 15 is 0 Å². The van der Waals surface area contributed by atoms with Gasteiger partial charge in [0.15, 0.2) is 0 Å². The van der Waals surface area contributed by atoms with Crippen LogP contribution in [0.2, 0.25) is 0 Å². The fourth-order valence-corrected chi connectivity index (χ4v) is 2.44. The summed E-state index contributed by atoms with van der Waals surface area (Å²) in [5, 5.41) is 13.5. The highest BCUT2D eigenvalue weighted by atomic mass is 127. The molecule has 0 spiro atoms. The molecule has 6 heteroatoms. The Kier molecular flexibility index (Phi) is 5.26. The lowest BCUT2D eigenvalue weighted by molar-refractivity contribution is -0.384. The topological polar surface area (TPSA) is 72.2 Å². The zero-order valence-corrected chi connectivity index (χ0v) is 13.2. The lowest BCUT2D eigenvalue weighted by atomic mass is 10.1. The van der Waals surface area contributed by atoms with E-state index in [1.165, 1.54) is 12.1 Å². The van der Waals surface area contributed by atoms with Crippen molar-refractivity contribution in [1.82, 2.24) is 5.32 Å². The summed E-state index contributed by atoms with van der Waals surface area (Å²) >= 11 is 2.00. The third kappa shape index (κ3) is 4.25. The van der Waals surface area contributed by atoms with Gasteiger partial charge in [0.25, 0.3) is 11.6 Å². The highest BCUT2D eigenvalue weighted by Crippen LogP contribution is 2.19. The van der Waals surface area contributed by atoms with E-state index in [4.69, 9.17) is 0 Å². The predicted octanol–water partition coefficient (Wildman–Crippen LogP) is 3.17. The van der Waals surface area contributed by atoms with E-state index in [2.05, 4.69) is 5.32 Å². The minimum atomic E-state index is -0.503. The normalized spacial score (nSPS) is 10.1. The van der Waals surface area contributed by atoms with Crippen molar-refractivity contribution in [1.29, 1.82) is 0 Å². The van der Waals surface area contributed by atoms with Gasteiger partial charge in [0.1, 0.15) is 0 Å². The number of nitro benzene ring substituents is 1. The minimum absolute atomic E-state index is 0.0800. The van der Waals surface area contributed by atoms with Crippen molar-refractivity contribution in [3.05, 3.63) is 73.3 Å². The Morgan fingerprint density at radius 1 is 1.19 bits per heavy atom.